The molecule has 0 unspecified atom stereocenters. The Morgan fingerprint density at radius 3 is 2.53 bits per heavy atom. The lowest BCUT2D eigenvalue weighted by atomic mass is 9.76. The average Bonchev–Trinajstić information content (AvgIpc) is 3.32. The number of piperazine rings is 1. The molecule has 3 aromatic rings. The number of nitrogens with one attached hydrogen (secondary N) is 1. The Balaban J connectivity index is 1.41. The number of ether oxygens (including phenoxy) is 1. The maximum Gasteiger partial charge on any atom is 0.254 e. The fraction of sp³-hybridized carbons (Fsp3) is 0.448. The molecule has 7 heteroatoms. The number of aromatic nitrogens is 1. The molecule has 1 aromatic heterocycles. The Morgan fingerprint density at radius 1 is 1.03 bits per heavy atom. The van der Waals surface area contributed by atoms with Crippen LogP contribution >= 0.6 is 0 Å². The summed E-state index contributed by atoms with van der Waals surface area (Å²) < 4.78 is 5.46. The van der Waals surface area contributed by atoms with Gasteiger partial charge < -0.3 is 19.5 Å². The van der Waals surface area contributed by atoms with Gasteiger partial charge >= 0.3 is 0 Å². The van der Waals surface area contributed by atoms with Crippen molar-refractivity contribution in [2.24, 2.45) is 0 Å². The molecule has 0 aliphatic carbocycles. The molecule has 7 nitrogen and oxygen atoms in total. The highest BCUT2D eigenvalue weighted by Crippen LogP contribution is 2.48. The summed E-state index contributed by atoms with van der Waals surface area (Å²) in [4.78, 5) is 37.2. The van der Waals surface area contributed by atoms with Gasteiger partial charge in [0.05, 0.1) is 25.5 Å². The SMILES string of the molecule is CCc1ccc([C@@H]2CN3C(=O)CN(CCN4CCOCC4)C(=O)[C@]3(C)c3[nH]c4ccccc4c32)cc1. The smallest absolute Gasteiger partial charge is 0.254 e. The van der Waals surface area contributed by atoms with Crippen LogP contribution in [-0.4, -0.2) is 84.0 Å². The molecule has 0 bridgehead atoms. The van der Waals surface area contributed by atoms with Crippen LogP contribution in [-0.2, 0) is 26.3 Å². The summed E-state index contributed by atoms with van der Waals surface area (Å²) >= 11 is 0. The molecule has 2 amide bonds. The Morgan fingerprint density at radius 2 is 1.78 bits per heavy atom. The van der Waals surface area contributed by atoms with E-state index < -0.39 is 5.54 Å². The topological polar surface area (TPSA) is 68.9 Å². The minimum absolute atomic E-state index is 0.00273. The largest absolute Gasteiger partial charge is 0.379 e. The number of carbonyl (C=O) groups is 2. The van der Waals surface area contributed by atoms with Crippen LogP contribution in [0.2, 0.25) is 0 Å². The molecule has 188 valence electrons. The van der Waals surface area contributed by atoms with Crippen molar-refractivity contribution in [1.29, 1.82) is 0 Å². The van der Waals surface area contributed by atoms with E-state index in [0.717, 1.165) is 61.4 Å². The molecule has 0 spiro atoms. The predicted molar refractivity (Wildman–Crippen MR) is 139 cm³/mol. The van der Waals surface area contributed by atoms with E-state index in [1.165, 1.54) is 11.1 Å². The summed E-state index contributed by atoms with van der Waals surface area (Å²) in [5.74, 6) is 0.0216. The van der Waals surface area contributed by atoms with E-state index >= 15 is 0 Å². The fourth-order valence-corrected chi connectivity index (χ4v) is 6.23. The van der Waals surface area contributed by atoms with Gasteiger partial charge in [-0.3, -0.25) is 14.5 Å². The molecule has 0 saturated carbocycles. The second-order valence-corrected chi connectivity index (χ2v) is 10.4. The highest BCUT2D eigenvalue weighted by atomic mass is 16.5. The standard InChI is InChI=1S/C29H34N4O3/c1-3-20-8-10-21(11-9-20)23-18-33-25(34)19-32(13-12-31-14-16-36-17-15-31)28(35)29(33,2)27-26(23)22-6-4-5-7-24(22)30-27/h4-11,23,30H,3,12-19H2,1-2H3/t23-,29-/m0/s1. The van der Waals surface area contributed by atoms with Crippen molar-refractivity contribution in [3.8, 4) is 0 Å². The molecule has 2 fully saturated rings. The molecule has 1 N–H and O–H groups in total. The molecular weight excluding hydrogens is 452 g/mol. The van der Waals surface area contributed by atoms with Crippen molar-refractivity contribution < 1.29 is 14.3 Å². The molecule has 6 rings (SSSR count). The van der Waals surface area contributed by atoms with E-state index in [-0.39, 0.29) is 24.3 Å². The third kappa shape index (κ3) is 3.64. The van der Waals surface area contributed by atoms with Gasteiger partial charge in [0.1, 0.15) is 0 Å². The normalized spacial score (nSPS) is 24.8. The summed E-state index contributed by atoms with van der Waals surface area (Å²) in [5, 5.41) is 1.13. The fourth-order valence-electron chi connectivity index (χ4n) is 6.23. The molecule has 3 aliphatic heterocycles. The van der Waals surface area contributed by atoms with Crippen LogP contribution in [0.3, 0.4) is 0 Å². The number of aromatic amines is 1. The number of para-hydroxylation sites is 1. The zero-order valence-corrected chi connectivity index (χ0v) is 21.1. The number of H-pyrrole nitrogens is 1. The van der Waals surface area contributed by atoms with Gasteiger partial charge in [0.15, 0.2) is 5.54 Å². The Bertz CT molecular complexity index is 1290. The van der Waals surface area contributed by atoms with Gasteiger partial charge in [0, 0.05) is 49.5 Å². The Labute approximate surface area is 212 Å². The first-order valence-electron chi connectivity index (χ1n) is 13.1. The number of nitrogens with zero attached hydrogens (tertiary/aromatic N) is 3. The minimum Gasteiger partial charge on any atom is -0.379 e. The van der Waals surface area contributed by atoms with Crippen LogP contribution in [0, 0.1) is 0 Å². The third-order valence-electron chi connectivity index (χ3n) is 8.40. The number of benzene rings is 2. The molecular formula is C29H34N4O3. The summed E-state index contributed by atoms with van der Waals surface area (Å²) in [6, 6.07) is 17.0. The summed E-state index contributed by atoms with van der Waals surface area (Å²) in [6.45, 7) is 9.19. The zero-order valence-electron chi connectivity index (χ0n) is 21.1. The number of hydrogen-bond acceptors (Lipinski definition) is 4. The molecule has 0 radical (unpaired) electrons. The van der Waals surface area contributed by atoms with Crippen molar-refractivity contribution in [2.45, 2.75) is 31.7 Å². The van der Waals surface area contributed by atoms with Crippen LogP contribution in [0.1, 0.15) is 42.1 Å². The second-order valence-electron chi connectivity index (χ2n) is 10.4. The maximum atomic E-state index is 14.1. The van der Waals surface area contributed by atoms with Crippen LogP contribution in [0.5, 0.6) is 0 Å². The van der Waals surface area contributed by atoms with Gasteiger partial charge in [0.2, 0.25) is 5.91 Å². The number of aryl methyl sites for hydroxylation is 1. The number of hydrogen-bond donors (Lipinski definition) is 1. The van der Waals surface area contributed by atoms with E-state index in [2.05, 4.69) is 53.2 Å². The van der Waals surface area contributed by atoms with Crippen LogP contribution in [0.15, 0.2) is 48.5 Å². The van der Waals surface area contributed by atoms with Crippen molar-refractivity contribution in [1.82, 2.24) is 19.7 Å². The van der Waals surface area contributed by atoms with Crippen LogP contribution in [0.4, 0.5) is 0 Å². The third-order valence-corrected chi connectivity index (χ3v) is 8.40. The Hall–Kier alpha value is -3.16. The first-order chi connectivity index (χ1) is 17.5. The van der Waals surface area contributed by atoms with Gasteiger partial charge in [-0.05, 0) is 36.1 Å². The molecule has 2 aromatic carbocycles. The molecule has 36 heavy (non-hydrogen) atoms. The minimum atomic E-state index is -1.05. The first-order valence-corrected chi connectivity index (χ1v) is 13.1. The molecule has 4 heterocycles. The predicted octanol–water partition coefficient (Wildman–Crippen LogP) is 3.09. The molecule has 2 saturated heterocycles. The lowest BCUT2D eigenvalue weighted by molar-refractivity contribution is -0.166. The van der Waals surface area contributed by atoms with Gasteiger partial charge in [-0.1, -0.05) is 49.4 Å². The van der Waals surface area contributed by atoms with Crippen molar-refractivity contribution in [2.75, 3.05) is 52.5 Å². The Kier molecular flexibility index (Phi) is 5.85. The first kappa shape index (κ1) is 23.3. The lowest BCUT2D eigenvalue weighted by Gasteiger charge is -2.51. The summed E-state index contributed by atoms with van der Waals surface area (Å²) in [7, 11) is 0. The zero-order chi connectivity index (χ0) is 24.9. The number of carbonyl (C=O) groups excluding carboxylic acids is 2. The van der Waals surface area contributed by atoms with Gasteiger partial charge in [-0.2, -0.15) is 0 Å². The van der Waals surface area contributed by atoms with Gasteiger partial charge in [-0.25, -0.2) is 0 Å². The summed E-state index contributed by atoms with van der Waals surface area (Å²) in [6.07, 6.45) is 0.987. The number of morpholine rings is 1. The lowest BCUT2D eigenvalue weighted by Crippen LogP contribution is -2.68. The highest BCUT2D eigenvalue weighted by Gasteiger charge is 2.56. The van der Waals surface area contributed by atoms with Crippen LogP contribution in [0.25, 0.3) is 10.9 Å². The van der Waals surface area contributed by atoms with Crippen molar-refractivity contribution in [3.05, 3.63) is 70.9 Å². The van der Waals surface area contributed by atoms with E-state index in [4.69, 9.17) is 4.74 Å². The van der Waals surface area contributed by atoms with E-state index in [1.54, 1.807) is 4.90 Å². The van der Waals surface area contributed by atoms with E-state index in [9.17, 15) is 9.59 Å². The van der Waals surface area contributed by atoms with Crippen molar-refractivity contribution >= 4 is 22.7 Å². The second kappa shape index (κ2) is 9.05. The average molecular weight is 487 g/mol. The van der Waals surface area contributed by atoms with E-state index in [0.29, 0.717) is 13.1 Å². The van der Waals surface area contributed by atoms with Crippen molar-refractivity contribution in [3.63, 3.8) is 0 Å². The number of amides is 2. The summed E-state index contributed by atoms with van der Waals surface area (Å²) in [5.41, 5.74) is 4.42. The highest BCUT2D eigenvalue weighted by molar-refractivity contribution is 6.01. The quantitative estimate of drug-likeness (QED) is 0.602. The number of fused-ring (bicyclic) bond motifs is 5. The van der Waals surface area contributed by atoms with Gasteiger partial charge in [-0.15, -0.1) is 0 Å². The monoisotopic (exact) mass is 486 g/mol. The molecule has 2 atom stereocenters. The number of rotatable bonds is 5. The van der Waals surface area contributed by atoms with Crippen LogP contribution < -0.4 is 0 Å². The molecule has 3 aliphatic rings. The van der Waals surface area contributed by atoms with Gasteiger partial charge in [0.25, 0.3) is 5.91 Å². The maximum absolute atomic E-state index is 14.1. The van der Waals surface area contributed by atoms with E-state index in [1.807, 2.05) is 24.0 Å².